The van der Waals surface area contributed by atoms with Gasteiger partial charge in [-0.1, -0.05) is 55.4 Å². The summed E-state index contributed by atoms with van der Waals surface area (Å²) in [5.41, 5.74) is 3.71. The zero-order valence-electron chi connectivity index (χ0n) is 19.5. The highest BCUT2D eigenvalue weighted by molar-refractivity contribution is 7.89. The Balaban J connectivity index is 1.76. The molecule has 2 aromatic carbocycles. The van der Waals surface area contributed by atoms with E-state index < -0.39 is 15.9 Å². The number of benzene rings is 2. The monoisotopic (exact) mass is 478 g/mol. The number of nitrogens with zero attached hydrogens (tertiary/aromatic N) is 3. The van der Waals surface area contributed by atoms with Gasteiger partial charge >= 0.3 is 0 Å². The van der Waals surface area contributed by atoms with Crippen molar-refractivity contribution in [2.45, 2.75) is 32.6 Å². The number of aryl methyl sites for hydroxylation is 2. The first-order valence-electron chi connectivity index (χ1n) is 11.0. The minimum Gasteiger partial charge on any atom is -0.335 e. The van der Waals surface area contributed by atoms with Gasteiger partial charge in [0.05, 0.1) is 27.2 Å². The van der Waals surface area contributed by atoms with Gasteiger partial charge in [-0.3, -0.25) is 4.79 Å². The van der Waals surface area contributed by atoms with Crippen molar-refractivity contribution in [3.63, 3.8) is 0 Å². The first kappa shape index (κ1) is 23.6. The average molecular weight is 479 g/mol. The normalized spacial score (nSPS) is 11.8. The number of hydrogen-bond acceptors (Lipinski definition) is 6. The van der Waals surface area contributed by atoms with Crippen molar-refractivity contribution in [2.24, 2.45) is 0 Å². The van der Waals surface area contributed by atoms with Gasteiger partial charge in [-0.25, -0.2) is 13.4 Å². The van der Waals surface area contributed by atoms with Crippen LogP contribution in [0, 0.1) is 13.8 Å². The van der Waals surface area contributed by atoms with Gasteiger partial charge in [0.1, 0.15) is 0 Å². The SMILES string of the molecule is CCN(CC)S(=O)(=O)c1ccc(C)c(NC(=O)c2cc(-c3ccccc3)nc3onc(C)c23)c1. The number of anilines is 1. The second-order valence-electron chi connectivity index (χ2n) is 7.89. The largest absolute Gasteiger partial charge is 0.335 e. The van der Waals surface area contributed by atoms with Crippen LogP contribution in [0.25, 0.3) is 22.4 Å². The lowest BCUT2D eigenvalue weighted by atomic mass is 10.0. The Morgan fingerprint density at radius 2 is 1.74 bits per heavy atom. The Morgan fingerprint density at radius 3 is 2.41 bits per heavy atom. The van der Waals surface area contributed by atoms with Crippen LogP contribution in [0.2, 0.25) is 0 Å². The maximum Gasteiger partial charge on any atom is 0.259 e. The number of amides is 1. The van der Waals surface area contributed by atoms with Crippen molar-refractivity contribution >= 4 is 32.7 Å². The number of nitrogens with one attached hydrogen (secondary N) is 1. The average Bonchev–Trinajstić information content (AvgIpc) is 3.21. The van der Waals surface area contributed by atoms with E-state index in [0.29, 0.717) is 41.1 Å². The zero-order valence-corrected chi connectivity index (χ0v) is 20.3. The molecule has 4 aromatic rings. The quantitative estimate of drug-likeness (QED) is 0.409. The molecule has 0 saturated heterocycles. The van der Waals surface area contributed by atoms with Crippen LogP contribution in [0.4, 0.5) is 5.69 Å². The molecule has 0 saturated carbocycles. The van der Waals surface area contributed by atoms with Crippen LogP contribution in [0.5, 0.6) is 0 Å². The summed E-state index contributed by atoms with van der Waals surface area (Å²) < 4.78 is 32.7. The van der Waals surface area contributed by atoms with E-state index in [9.17, 15) is 13.2 Å². The van der Waals surface area contributed by atoms with Crippen LogP contribution >= 0.6 is 0 Å². The Morgan fingerprint density at radius 1 is 1.03 bits per heavy atom. The highest BCUT2D eigenvalue weighted by Crippen LogP contribution is 2.29. The van der Waals surface area contributed by atoms with E-state index in [1.165, 1.54) is 10.4 Å². The van der Waals surface area contributed by atoms with Crippen LogP contribution in [-0.4, -0.2) is 41.9 Å². The maximum atomic E-state index is 13.5. The number of rotatable bonds is 7. The van der Waals surface area contributed by atoms with E-state index in [-0.39, 0.29) is 10.6 Å². The number of pyridine rings is 1. The molecule has 34 heavy (non-hydrogen) atoms. The lowest BCUT2D eigenvalue weighted by Gasteiger charge is -2.19. The smallest absolute Gasteiger partial charge is 0.259 e. The van der Waals surface area contributed by atoms with Crippen LogP contribution in [0.3, 0.4) is 0 Å². The van der Waals surface area contributed by atoms with Crippen molar-refractivity contribution < 1.29 is 17.7 Å². The summed E-state index contributed by atoms with van der Waals surface area (Å²) in [6.07, 6.45) is 0. The number of carbonyl (C=O) groups excluding carboxylic acids is 1. The number of aromatic nitrogens is 2. The molecule has 0 aliphatic heterocycles. The Bertz CT molecular complexity index is 1460. The van der Waals surface area contributed by atoms with Gasteiger partial charge in [0.15, 0.2) is 0 Å². The summed E-state index contributed by atoms with van der Waals surface area (Å²) in [4.78, 5) is 18.1. The molecule has 0 aliphatic rings. The molecule has 4 rings (SSSR count). The van der Waals surface area contributed by atoms with Gasteiger partial charge in [0, 0.05) is 24.3 Å². The third-order valence-electron chi connectivity index (χ3n) is 5.73. The minimum absolute atomic E-state index is 0.128. The molecule has 0 radical (unpaired) electrons. The van der Waals surface area contributed by atoms with E-state index >= 15 is 0 Å². The number of carbonyl (C=O) groups is 1. The summed E-state index contributed by atoms with van der Waals surface area (Å²) >= 11 is 0. The Labute approximate surface area is 198 Å². The van der Waals surface area contributed by atoms with Crippen molar-refractivity contribution in [1.82, 2.24) is 14.4 Å². The molecule has 1 amide bonds. The van der Waals surface area contributed by atoms with Gasteiger partial charge in [-0.15, -0.1) is 0 Å². The van der Waals surface area contributed by atoms with Gasteiger partial charge in [-0.05, 0) is 37.6 Å². The van der Waals surface area contributed by atoms with E-state index in [2.05, 4.69) is 15.5 Å². The van der Waals surface area contributed by atoms with Crippen LogP contribution < -0.4 is 5.32 Å². The van der Waals surface area contributed by atoms with E-state index in [1.54, 1.807) is 39.0 Å². The van der Waals surface area contributed by atoms with E-state index in [4.69, 9.17) is 4.52 Å². The van der Waals surface area contributed by atoms with E-state index in [1.807, 2.05) is 37.3 Å². The summed E-state index contributed by atoms with van der Waals surface area (Å²) in [5.74, 6) is -0.406. The Kier molecular flexibility index (Phi) is 6.49. The topological polar surface area (TPSA) is 105 Å². The molecule has 0 aliphatic carbocycles. The molecule has 0 atom stereocenters. The molecular weight excluding hydrogens is 452 g/mol. The number of hydrogen-bond donors (Lipinski definition) is 1. The van der Waals surface area contributed by atoms with E-state index in [0.717, 1.165) is 11.1 Å². The molecular formula is C25H26N4O4S. The van der Waals surface area contributed by atoms with Crippen molar-refractivity contribution in [3.05, 3.63) is 71.4 Å². The van der Waals surface area contributed by atoms with Crippen molar-refractivity contribution in [1.29, 1.82) is 0 Å². The lowest BCUT2D eigenvalue weighted by Crippen LogP contribution is -2.30. The van der Waals surface area contributed by atoms with Gasteiger partial charge in [0.2, 0.25) is 10.0 Å². The predicted molar refractivity (Wildman–Crippen MR) is 131 cm³/mol. The Hall–Kier alpha value is -3.56. The zero-order chi connectivity index (χ0) is 24.5. The first-order valence-corrected chi connectivity index (χ1v) is 12.4. The fourth-order valence-corrected chi connectivity index (χ4v) is 5.31. The summed E-state index contributed by atoms with van der Waals surface area (Å²) in [6, 6.07) is 15.9. The third-order valence-corrected chi connectivity index (χ3v) is 7.78. The van der Waals surface area contributed by atoms with Crippen LogP contribution in [0.15, 0.2) is 64.0 Å². The van der Waals surface area contributed by atoms with Gasteiger partial charge < -0.3 is 9.84 Å². The lowest BCUT2D eigenvalue weighted by molar-refractivity contribution is 0.102. The maximum absolute atomic E-state index is 13.5. The van der Waals surface area contributed by atoms with Crippen molar-refractivity contribution in [3.8, 4) is 11.3 Å². The van der Waals surface area contributed by atoms with Crippen molar-refractivity contribution in [2.75, 3.05) is 18.4 Å². The predicted octanol–water partition coefficient (Wildman–Crippen LogP) is 4.79. The van der Waals surface area contributed by atoms with Gasteiger partial charge in [0.25, 0.3) is 11.6 Å². The fourth-order valence-electron chi connectivity index (χ4n) is 3.83. The summed E-state index contributed by atoms with van der Waals surface area (Å²) in [5, 5.41) is 7.38. The molecule has 176 valence electrons. The molecule has 1 N–H and O–H groups in total. The number of fused-ring (bicyclic) bond motifs is 1. The van der Waals surface area contributed by atoms with Gasteiger partial charge in [-0.2, -0.15) is 4.31 Å². The first-order chi connectivity index (χ1) is 16.3. The van der Waals surface area contributed by atoms with Crippen LogP contribution in [0.1, 0.15) is 35.5 Å². The second-order valence-corrected chi connectivity index (χ2v) is 9.83. The highest BCUT2D eigenvalue weighted by Gasteiger charge is 2.24. The molecule has 8 nitrogen and oxygen atoms in total. The molecule has 2 aromatic heterocycles. The van der Waals surface area contributed by atoms with Crippen LogP contribution in [-0.2, 0) is 10.0 Å². The minimum atomic E-state index is -3.67. The fraction of sp³-hybridized carbons (Fsp3) is 0.240. The second kappa shape index (κ2) is 9.36. The summed E-state index contributed by atoms with van der Waals surface area (Å²) in [7, 11) is -3.67. The molecule has 0 unspecified atom stereocenters. The molecule has 0 spiro atoms. The molecule has 0 fully saturated rings. The molecule has 2 heterocycles. The third kappa shape index (κ3) is 4.32. The standard InChI is InChI=1S/C25H26N4O4S/c1-5-29(6-2)34(31,32)19-13-12-16(3)21(14-19)26-24(30)20-15-22(18-10-8-7-9-11-18)27-25-23(20)17(4)28-33-25/h7-15H,5-6H2,1-4H3,(H,26,30). The summed E-state index contributed by atoms with van der Waals surface area (Å²) in [6.45, 7) is 7.86. The molecule has 9 heteroatoms. The number of sulfonamides is 1. The highest BCUT2D eigenvalue weighted by atomic mass is 32.2. The molecule has 0 bridgehead atoms.